The lowest BCUT2D eigenvalue weighted by molar-refractivity contribution is -0.298. The number of hydrogen-bond donors (Lipinski definition) is 3. The minimum absolute atomic E-state index is 0.0648. The van der Waals surface area contributed by atoms with Gasteiger partial charge in [0.05, 0.1) is 23.3 Å². The summed E-state index contributed by atoms with van der Waals surface area (Å²) >= 11 is 0. The number of aliphatic imine (C=N–C) groups is 1. The van der Waals surface area contributed by atoms with Crippen LogP contribution in [0, 0.1) is 0 Å². The Hall–Kier alpha value is -5.59. The summed E-state index contributed by atoms with van der Waals surface area (Å²) in [7, 11) is 0. The lowest BCUT2D eigenvalue weighted by Crippen LogP contribution is -2.23. The third-order valence-electron chi connectivity index (χ3n) is 3.32. The van der Waals surface area contributed by atoms with Crippen molar-refractivity contribution in [2.45, 2.75) is 0 Å². The third kappa shape index (κ3) is 13.7. The van der Waals surface area contributed by atoms with Gasteiger partial charge in [-0.15, -0.1) is 0 Å². The highest BCUT2D eigenvalue weighted by atomic mass is 16.4. The Balaban J connectivity index is 0.000000454. The van der Waals surface area contributed by atoms with Crippen LogP contribution in [0.5, 0.6) is 0 Å². The fraction of sp³-hybridized carbons (Fsp3) is 0. The van der Waals surface area contributed by atoms with E-state index in [2.05, 4.69) is 38.2 Å². The van der Waals surface area contributed by atoms with E-state index in [0.29, 0.717) is 0 Å². The number of carboxylic acids is 3. The molecule has 0 saturated heterocycles. The number of aromatic nitrogens is 4. The van der Waals surface area contributed by atoms with E-state index < -0.39 is 23.8 Å². The molecule has 0 aromatic carbocycles. The number of amides is 1. The van der Waals surface area contributed by atoms with Crippen LogP contribution in [-0.2, 0) is 4.79 Å². The van der Waals surface area contributed by atoms with Crippen LogP contribution in [0.4, 0.5) is 0 Å². The van der Waals surface area contributed by atoms with Gasteiger partial charge in [-0.3, -0.25) is 24.7 Å². The molecule has 3 aromatic heterocycles. The van der Waals surface area contributed by atoms with Gasteiger partial charge in [0.15, 0.2) is 0 Å². The topological polar surface area (TPSA) is 222 Å². The molecule has 4 N–H and O–H groups in total. The first-order valence-electron chi connectivity index (χ1n) is 9.46. The molecule has 0 aliphatic rings. The molecule has 0 aliphatic heterocycles. The van der Waals surface area contributed by atoms with Gasteiger partial charge in [0.2, 0.25) is 0 Å². The predicted octanol–water partition coefficient (Wildman–Crippen LogP) is 0.642. The molecule has 0 aliphatic carbocycles. The summed E-state index contributed by atoms with van der Waals surface area (Å²) in [5.41, 5.74) is 5.44. The van der Waals surface area contributed by atoms with E-state index in [-0.39, 0.29) is 22.4 Å². The second-order valence-electron chi connectivity index (χ2n) is 5.81. The molecule has 36 heavy (non-hydrogen) atoms. The largest absolute Gasteiger partial charge is 0.545 e. The van der Waals surface area contributed by atoms with Gasteiger partial charge in [-0.25, -0.2) is 14.6 Å². The molecule has 3 heterocycles. The summed E-state index contributed by atoms with van der Waals surface area (Å²) < 4.78 is 0. The monoisotopic (exact) mass is 493 g/mol. The first-order chi connectivity index (χ1) is 17.1. The summed E-state index contributed by atoms with van der Waals surface area (Å²) in [4.78, 5) is 58.4. The van der Waals surface area contributed by atoms with Crippen LogP contribution < -0.4 is 10.8 Å². The van der Waals surface area contributed by atoms with Crippen LogP contribution in [-0.4, -0.2) is 60.7 Å². The normalized spacial score (nSPS) is 9.28. The van der Waals surface area contributed by atoms with E-state index in [4.69, 9.17) is 15.9 Å². The molecule has 0 unspecified atom stereocenters. The van der Waals surface area contributed by atoms with Gasteiger partial charge in [0.25, 0.3) is 5.91 Å². The highest BCUT2D eigenvalue weighted by Crippen LogP contribution is 1.94. The second-order valence-corrected chi connectivity index (χ2v) is 5.81. The van der Waals surface area contributed by atoms with Gasteiger partial charge >= 0.3 is 11.9 Å². The Labute approximate surface area is 205 Å². The zero-order valence-electron chi connectivity index (χ0n) is 18.7. The maximum absolute atomic E-state index is 10.3. The van der Waals surface area contributed by atoms with E-state index in [1.165, 1.54) is 55.5 Å². The number of nitrogens with two attached hydrogens (primary N) is 1. The van der Waals surface area contributed by atoms with Crippen LogP contribution in [0.15, 0.2) is 97.1 Å². The number of rotatable bonds is 6. The maximum Gasteiger partial charge on any atom is 0.337 e. The van der Waals surface area contributed by atoms with E-state index in [1.807, 2.05) is 0 Å². The van der Waals surface area contributed by atoms with Gasteiger partial charge in [-0.2, -0.15) is 0 Å². The van der Waals surface area contributed by atoms with E-state index in [1.54, 1.807) is 12.1 Å². The summed E-state index contributed by atoms with van der Waals surface area (Å²) in [6, 6.07) is 6.16. The van der Waals surface area contributed by atoms with Crippen LogP contribution in [0.3, 0.4) is 0 Å². The van der Waals surface area contributed by atoms with Gasteiger partial charge < -0.3 is 25.8 Å². The van der Waals surface area contributed by atoms with Crippen molar-refractivity contribution in [2.75, 3.05) is 0 Å². The fourth-order valence-electron chi connectivity index (χ4n) is 1.69. The second kappa shape index (κ2) is 17.9. The molecule has 13 nitrogen and oxygen atoms in total. The Bertz CT molecular complexity index is 1050. The van der Waals surface area contributed by atoms with Crippen LogP contribution >= 0.6 is 0 Å². The Kier molecular flexibility index (Phi) is 15.1. The molecule has 0 saturated carbocycles. The first kappa shape index (κ1) is 30.4. The van der Waals surface area contributed by atoms with Crippen molar-refractivity contribution in [3.8, 4) is 0 Å². The Morgan fingerprint density at radius 1 is 0.889 bits per heavy atom. The van der Waals surface area contributed by atoms with E-state index in [9.17, 15) is 24.3 Å². The van der Waals surface area contributed by atoms with Crippen molar-refractivity contribution in [1.29, 1.82) is 0 Å². The zero-order valence-corrected chi connectivity index (χ0v) is 18.7. The fourth-order valence-corrected chi connectivity index (χ4v) is 1.69. The van der Waals surface area contributed by atoms with Crippen molar-refractivity contribution in [1.82, 2.24) is 19.9 Å². The standard InChI is InChI=1S/2C6H5NO2.C6H7NO2.C5H5N3O/c2*8-6(9)5-2-1-3-7-4-5;1-3-5(4-7-2)6(8)9;6-5(9)4-3-7-1-2-8-4/h2*1-4H,(H,8,9);3-4H,1-2H2,(H,8,9);1-3H,(H2,6,9)/p-1/b;;5-4+;. The maximum atomic E-state index is 10.3. The number of primary amides is 1. The molecule has 0 atom stereocenters. The molecule has 0 spiro atoms. The van der Waals surface area contributed by atoms with Gasteiger partial charge in [-0.1, -0.05) is 12.7 Å². The number of nitrogens with zero attached hydrogens (tertiary/aromatic N) is 5. The van der Waals surface area contributed by atoms with Gasteiger partial charge in [0.1, 0.15) is 5.69 Å². The number of hydrogen-bond acceptors (Lipinski definition) is 10. The SMILES string of the molecule is C=C/C(=C\N=C)C(=O)[O-].NC(=O)c1cnccn1.O=C(O)c1cccnc1.O=C(O)c1cccnc1. The Morgan fingerprint density at radius 3 is 1.58 bits per heavy atom. The van der Waals surface area contributed by atoms with Crippen LogP contribution in [0.25, 0.3) is 0 Å². The number of pyridine rings is 2. The minimum Gasteiger partial charge on any atom is -0.545 e. The number of carboxylic acid groups (broad SMARTS) is 3. The molecule has 0 bridgehead atoms. The number of carbonyl (C=O) groups is 4. The first-order valence-corrected chi connectivity index (χ1v) is 9.46. The van der Waals surface area contributed by atoms with Crippen molar-refractivity contribution >= 4 is 30.5 Å². The van der Waals surface area contributed by atoms with Crippen LogP contribution in [0.1, 0.15) is 31.2 Å². The molecular weight excluding hydrogens is 472 g/mol. The van der Waals surface area contributed by atoms with E-state index >= 15 is 0 Å². The third-order valence-corrected chi connectivity index (χ3v) is 3.32. The quantitative estimate of drug-likeness (QED) is 0.245. The molecule has 1 amide bonds. The van der Waals surface area contributed by atoms with Crippen molar-refractivity contribution in [3.63, 3.8) is 0 Å². The molecule has 3 rings (SSSR count). The van der Waals surface area contributed by atoms with E-state index in [0.717, 1.165) is 12.3 Å². The molecule has 13 heteroatoms. The Morgan fingerprint density at radius 2 is 1.39 bits per heavy atom. The zero-order chi connectivity index (χ0) is 27.3. The smallest absolute Gasteiger partial charge is 0.337 e. The molecule has 3 aromatic rings. The molecule has 0 radical (unpaired) electrons. The van der Waals surface area contributed by atoms with Gasteiger partial charge in [-0.05, 0) is 31.0 Å². The average molecular weight is 493 g/mol. The van der Waals surface area contributed by atoms with Crippen molar-refractivity contribution in [3.05, 3.63) is 109 Å². The number of aromatic carboxylic acids is 2. The summed E-state index contributed by atoms with van der Waals surface area (Å²) in [6.45, 7) is 6.29. The van der Waals surface area contributed by atoms with Crippen molar-refractivity contribution < 1.29 is 34.5 Å². The summed E-state index contributed by atoms with van der Waals surface area (Å²) in [5.74, 6) is -3.73. The summed E-state index contributed by atoms with van der Waals surface area (Å²) in [5, 5.41) is 26.7. The summed E-state index contributed by atoms with van der Waals surface area (Å²) in [6.07, 6.45) is 12.1. The lowest BCUT2D eigenvalue weighted by Gasteiger charge is -1.97. The molecule has 0 fully saturated rings. The predicted molar refractivity (Wildman–Crippen MR) is 126 cm³/mol. The molecule has 186 valence electrons. The van der Waals surface area contributed by atoms with Crippen LogP contribution in [0.2, 0.25) is 0 Å². The highest BCUT2D eigenvalue weighted by Gasteiger charge is 1.99. The number of carbonyl (C=O) groups excluding carboxylic acids is 2. The highest BCUT2D eigenvalue weighted by molar-refractivity contribution is 5.90. The van der Waals surface area contributed by atoms with Crippen molar-refractivity contribution in [2.24, 2.45) is 10.7 Å². The number of aliphatic carboxylic acids is 1. The minimum atomic E-state index is -1.29. The molecular formula is C23H21N6O7-. The average Bonchev–Trinajstić information content (AvgIpc) is 2.89. The lowest BCUT2D eigenvalue weighted by atomic mass is 10.3. The van der Waals surface area contributed by atoms with Gasteiger partial charge in [0, 0.05) is 49.0 Å².